The molecule has 5 aromatic rings. The fourth-order valence-corrected chi connectivity index (χ4v) is 5.80. The van der Waals surface area contributed by atoms with Crippen LogP contribution in [0.3, 0.4) is 0 Å². The summed E-state index contributed by atoms with van der Waals surface area (Å²) in [4.78, 5) is 4.69. The van der Waals surface area contributed by atoms with Crippen molar-refractivity contribution in [1.82, 2.24) is 9.55 Å². The van der Waals surface area contributed by atoms with Gasteiger partial charge < -0.3 is 4.57 Å². The van der Waals surface area contributed by atoms with Crippen molar-refractivity contribution in [2.45, 2.75) is 19.6 Å². The lowest BCUT2D eigenvalue weighted by Crippen LogP contribution is -2.39. The normalized spacial score (nSPS) is 12.0. The molecule has 0 aliphatic heterocycles. The van der Waals surface area contributed by atoms with E-state index in [0.717, 1.165) is 5.69 Å². The van der Waals surface area contributed by atoms with Crippen molar-refractivity contribution >= 4 is 35.1 Å². The van der Waals surface area contributed by atoms with E-state index in [-0.39, 0.29) is 0 Å². The van der Waals surface area contributed by atoms with Crippen molar-refractivity contribution in [3.05, 3.63) is 91.1 Å². The van der Waals surface area contributed by atoms with Gasteiger partial charge in [0.25, 0.3) is 0 Å². The minimum absolute atomic E-state index is 1.06. The second kappa shape index (κ2) is 6.71. The Hall–Kier alpha value is -3.17. The van der Waals surface area contributed by atoms with E-state index in [2.05, 4.69) is 103 Å². The summed E-state index contributed by atoms with van der Waals surface area (Å²) in [5, 5.41) is 4.02. The molecular weight excluding hydrogens is 368 g/mol. The molecule has 0 atom stereocenters. The molecule has 3 aromatic carbocycles. The highest BCUT2D eigenvalue weighted by atomic mass is 28.3. The molecule has 0 fully saturated rings. The molecule has 0 amide bonds. The average Bonchev–Trinajstić information content (AvgIpc) is 3.07. The zero-order valence-electron chi connectivity index (χ0n) is 17.1. The lowest BCUT2D eigenvalue weighted by molar-refractivity contribution is 1.18. The molecule has 0 spiro atoms. The van der Waals surface area contributed by atoms with Gasteiger partial charge in [0, 0.05) is 28.2 Å². The molecule has 0 N–H and O–H groups in total. The van der Waals surface area contributed by atoms with Gasteiger partial charge in [-0.05, 0) is 47.7 Å². The van der Waals surface area contributed by atoms with E-state index >= 15 is 0 Å². The van der Waals surface area contributed by atoms with Gasteiger partial charge in [-0.25, -0.2) is 0 Å². The van der Waals surface area contributed by atoms with Crippen LogP contribution in [0.1, 0.15) is 0 Å². The highest BCUT2D eigenvalue weighted by molar-refractivity contribution is 6.89. The van der Waals surface area contributed by atoms with E-state index < -0.39 is 8.07 Å². The first-order valence-electron chi connectivity index (χ1n) is 10.1. The SMILES string of the molecule is C[Si](C)(C)c1cc2c(cc1-c1ccccn1)c1ccccc1n2-c1ccccc1. The summed E-state index contributed by atoms with van der Waals surface area (Å²) in [6.45, 7) is 7.24. The number of benzene rings is 3. The van der Waals surface area contributed by atoms with Gasteiger partial charge in [0.2, 0.25) is 0 Å². The van der Waals surface area contributed by atoms with Crippen LogP contribution in [0.2, 0.25) is 19.6 Å². The third-order valence-corrected chi connectivity index (χ3v) is 7.60. The molecule has 3 heteroatoms. The predicted molar refractivity (Wildman–Crippen MR) is 127 cm³/mol. The Morgan fingerprint density at radius 1 is 0.690 bits per heavy atom. The van der Waals surface area contributed by atoms with Crippen molar-refractivity contribution in [2.75, 3.05) is 0 Å². The number of fused-ring (bicyclic) bond motifs is 3. The molecule has 0 aliphatic rings. The van der Waals surface area contributed by atoms with Gasteiger partial charge in [0.15, 0.2) is 0 Å². The van der Waals surface area contributed by atoms with Crippen LogP contribution in [0.25, 0.3) is 38.8 Å². The van der Waals surface area contributed by atoms with Crippen molar-refractivity contribution in [3.8, 4) is 16.9 Å². The molecular formula is C26H24N2Si. The molecule has 2 aromatic heterocycles. The Morgan fingerprint density at radius 2 is 1.41 bits per heavy atom. The topological polar surface area (TPSA) is 17.8 Å². The van der Waals surface area contributed by atoms with E-state index in [4.69, 9.17) is 4.98 Å². The van der Waals surface area contributed by atoms with Crippen molar-refractivity contribution in [1.29, 1.82) is 0 Å². The minimum Gasteiger partial charge on any atom is -0.309 e. The number of rotatable bonds is 3. The Bertz CT molecular complexity index is 1310. The zero-order chi connectivity index (χ0) is 20.0. The van der Waals surface area contributed by atoms with Gasteiger partial charge in [0.1, 0.15) is 0 Å². The van der Waals surface area contributed by atoms with Crippen LogP contribution in [0, 0.1) is 0 Å². The van der Waals surface area contributed by atoms with Gasteiger partial charge in [-0.2, -0.15) is 0 Å². The molecule has 0 radical (unpaired) electrons. The molecule has 29 heavy (non-hydrogen) atoms. The maximum atomic E-state index is 4.69. The van der Waals surface area contributed by atoms with Gasteiger partial charge in [0.05, 0.1) is 24.8 Å². The van der Waals surface area contributed by atoms with E-state index in [1.165, 1.54) is 38.2 Å². The number of para-hydroxylation sites is 2. The first-order chi connectivity index (χ1) is 14.0. The van der Waals surface area contributed by atoms with Crippen LogP contribution in [0.15, 0.2) is 91.1 Å². The summed E-state index contributed by atoms with van der Waals surface area (Å²) >= 11 is 0. The minimum atomic E-state index is -1.60. The average molecular weight is 393 g/mol. The number of hydrogen-bond donors (Lipinski definition) is 0. The summed E-state index contributed by atoms with van der Waals surface area (Å²) in [5.41, 5.74) is 6.05. The molecule has 0 bridgehead atoms. The summed E-state index contributed by atoms with van der Waals surface area (Å²) in [6, 6.07) is 30.4. The van der Waals surface area contributed by atoms with E-state index in [1.54, 1.807) is 0 Å². The quantitative estimate of drug-likeness (QED) is 0.325. The van der Waals surface area contributed by atoms with Gasteiger partial charge in [-0.1, -0.05) is 62.1 Å². The molecule has 5 rings (SSSR count). The highest BCUT2D eigenvalue weighted by Crippen LogP contribution is 2.34. The number of aromatic nitrogens is 2. The lowest BCUT2D eigenvalue weighted by atomic mass is 10.1. The third kappa shape index (κ3) is 2.99. The summed E-state index contributed by atoms with van der Waals surface area (Å²) in [6.07, 6.45) is 1.89. The van der Waals surface area contributed by atoms with Crippen LogP contribution in [-0.2, 0) is 0 Å². The maximum absolute atomic E-state index is 4.69. The van der Waals surface area contributed by atoms with Gasteiger partial charge in [-0.15, -0.1) is 0 Å². The largest absolute Gasteiger partial charge is 0.309 e. The first kappa shape index (κ1) is 17.9. The van der Waals surface area contributed by atoms with E-state index in [9.17, 15) is 0 Å². The van der Waals surface area contributed by atoms with Crippen LogP contribution in [-0.4, -0.2) is 17.6 Å². The second-order valence-corrected chi connectivity index (χ2v) is 13.6. The molecule has 0 unspecified atom stereocenters. The maximum Gasteiger partial charge on any atom is 0.0785 e. The lowest BCUT2D eigenvalue weighted by Gasteiger charge is -2.22. The summed E-state index contributed by atoms with van der Waals surface area (Å²) < 4.78 is 2.40. The van der Waals surface area contributed by atoms with Crippen molar-refractivity contribution < 1.29 is 0 Å². The first-order valence-corrected chi connectivity index (χ1v) is 13.6. The highest BCUT2D eigenvalue weighted by Gasteiger charge is 2.24. The zero-order valence-corrected chi connectivity index (χ0v) is 18.1. The molecule has 0 aliphatic carbocycles. The fourth-order valence-electron chi connectivity index (χ4n) is 4.22. The van der Waals surface area contributed by atoms with Crippen LogP contribution < -0.4 is 5.19 Å². The Labute approximate surface area is 172 Å². The van der Waals surface area contributed by atoms with Crippen LogP contribution in [0.5, 0.6) is 0 Å². The van der Waals surface area contributed by atoms with E-state index in [0.29, 0.717) is 0 Å². The molecule has 2 nitrogen and oxygen atoms in total. The van der Waals surface area contributed by atoms with Crippen LogP contribution in [0.4, 0.5) is 0 Å². The Kier molecular flexibility index (Phi) is 4.14. The summed E-state index contributed by atoms with van der Waals surface area (Å²) in [5.74, 6) is 0. The third-order valence-electron chi connectivity index (χ3n) is 5.58. The number of hydrogen-bond acceptors (Lipinski definition) is 1. The Morgan fingerprint density at radius 3 is 2.14 bits per heavy atom. The molecule has 142 valence electrons. The van der Waals surface area contributed by atoms with Crippen molar-refractivity contribution in [2.24, 2.45) is 0 Å². The predicted octanol–water partition coefficient (Wildman–Crippen LogP) is 6.39. The number of pyridine rings is 1. The van der Waals surface area contributed by atoms with Gasteiger partial charge in [-0.3, -0.25) is 4.98 Å². The standard InChI is InChI=1S/C26H24N2Si/c1-29(2,3)26-18-25-21(17-22(26)23-14-9-10-16-27-23)20-13-7-8-15-24(20)28(25)19-11-5-4-6-12-19/h4-18H,1-3H3. The van der Waals surface area contributed by atoms with Crippen molar-refractivity contribution in [3.63, 3.8) is 0 Å². The van der Waals surface area contributed by atoms with Gasteiger partial charge >= 0.3 is 0 Å². The van der Waals surface area contributed by atoms with Crippen LogP contribution >= 0.6 is 0 Å². The van der Waals surface area contributed by atoms with E-state index in [1.807, 2.05) is 12.3 Å². The molecule has 2 heterocycles. The summed E-state index contributed by atoms with van der Waals surface area (Å²) in [7, 11) is -1.60. The smallest absolute Gasteiger partial charge is 0.0785 e. The molecule has 0 saturated heterocycles. The monoisotopic (exact) mass is 392 g/mol. The fraction of sp³-hybridized carbons (Fsp3) is 0.115. The second-order valence-electron chi connectivity index (χ2n) is 8.57. The Balaban J connectivity index is 1.95. The number of nitrogens with zero attached hydrogens (tertiary/aromatic N) is 2. The molecule has 0 saturated carbocycles.